The highest BCUT2D eigenvalue weighted by atomic mass is 32.1. The van der Waals surface area contributed by atoms with Crippen molar-refractivity contribution in [2.45, 2.75) is 13.5 Å². The molecule has 0 spiro atoms. The first-order valence-electron chi connectivity index (χ1n) is 6.71. The number of rotatable bonds is 4. The SMILES string of the molecule is Cc1ccc(F)c(NC(=O)Cn2nc(-c3cccs3)oc2=O)c1. The van der Waals surface area contributed by atoms with E-state index in [2.05, 4.69) is 10.4 Å². The molecule has 0 aliphatic heterocycles. The molecule has 8 heteroatoms. The summed E-state index contributed by atoms with van der Waals surface area (Å²) in [6.07, 6.45) is 0. The van der Waals surface area contributed by atoms with Gasteiger partial charge in [0.05, 0.1) is 10.6 Å². The quantitative estimate of drug-likeness (QED) is 0.796. The largest absolute Gasteiger partial charge is 0.437 e. The standard InChI is InChI=1S/C15H12FN3O3S/c1-9-4-5-10(16)11(7-9)17-13(20)8-19-15(21)22-14(18-19)12-3-2-6-23-12/h2-7H,8H2,1H3,(H,17,20). The second kappa shape index (κ2) is 6.17. The zero-order valence-corrected chi connectivity index (χ0v) is 12.9. The highest BCUT2D eigenvalue weighted by Crippen LogP contribution is 2.21. The molecule has 0 aliphatic rings. The lowest BCUT2D eigenvalue weighted by Crippen LogP contribution is -2.26. The molecule has 3 aromatic rings. The second-order valence-electron chi connectivity index (χ2n) is 4.84. The number of nitrogens with one attached hydrogen (secondary N) is 1. The van der Waals surface area contributed by atoms with E-state index in [1.807, 2.05) is 5.38 Å². The van der Waals surface area contributed by atoms with Crippen molar-refractivity contribution in [3.05, 3.63) is 57.6 Å². The fourth-order valence-corrected chi connectivity index (χ4v) is 2.61. The molecule has 0 saturated carbocycles. The van der Waals surface area contributed by atoms with E-state index in [-0.39, 0.29) is 18.1 Å². The van der Waals surface area contributed by atoms with Crippen LogP contribution in [0.15, 0.2) is 44.9 Å². The summed E-state index contributed by atoms with van der Waals surface area (Å²) in [6, 6.07) is 7.92. The van der Waals surface area contributed by atoms with Crippen molar-refractivity contribution < 1.29 is 13.6 Å². The Balaban J connectivity index is 1.76. The Morgan fingerprint density at radius 2 is 2.26 bits per heavy atom. The Bertz CT molecular complexity index is 899. The first kappa shape index (κ1) is 15.2. The van der Waals surface area contributed by atoms with Gasteiger partial charge < -0.3 is 9.73 Å². The normalized spacial score (nSPS) is 10.7. The maximum atomic E-state index is 13.6. The molecule has 1 N–H and O–H groups in total. The summed E-state index contributed by atoms with van der Waals surface area (Å²) in [5.41, 5.74) is 0.866. The third kappa shape index (κ3) is 3.37. The van der Waals surface area contributed by atoms with Crippen molar-refractivity contribution in [1.82, 2.24) is 9.78 Å². The zero-order valence-electron chi connectivity index (χ0n) is 12.1. The number of carbonyl (C=O) groups excluding carboxylic acids is 1. The van der Waals surface area contributed by atoms with E-state index >= 15 is 0 Å². The van der Waals surface area contributed by atoms with E-state index in [4.69, 9.17) is 4.42 Å². The van der Waals surface area contributed by atoms with Crippen LogP contribution in [0.25, 0.3) is 10.8 Å². The lowest BCUT2D eigenvalue weighted by Gasteiger charge is -2.06. The van der Waals surface area contributed by atoms with E-state index in [9.17, 15) is 14.0 Å². The van der Waals surface area contributed by atoms with Crippen LogP contribution in [0.1, 0.15) is 5.56 Å². The summed E-state index contributed by atoms with van der Waals surface area (Å²) in [7, 11) is 0. The number of aromatic nitrogens is 2. The maximum absolute atomic E-state index is 13.6. The number of benzene rings is 1. The first-order chi connectivity index (χ1) is 11.0. The van der Waals surface area contributed by atoms with E-state index in [0.29, 0.717) is 4.88 Å². The highest BCUT2D eigenvalue weighted by molar-refractivity contribution is 7.13. The average molecular weight is 333 g/mol. The molecule has 2 aromatic heterocycles. The van der Waals surface area contributed by atoms with Gasteiger partial charge in [-0.2, -0.15) is 4.68 Å². The Labute approximate surface area is 134 Å². The van der Waals surface area contributed by atoms with Crippen molar-refractivity contribution in [3.63, 3.8) is 0 Å². The molecule has 118 valence electrons. The van der Waals surface area contributed by atoms with Crippen LogP contribution in [0.5, 0.6) is 0 Å². The number of carbonyl (C=O) groups is 1. The highest BCUT2D eigenvalue weighted by Gasteiger charge is 2.15. The Hall–Kier alpha value is -2.74. The molecule has 3 rings (SSSR count). The monoisotopic (exact) mass is 333 g/mol. The van der Waals surface area contributed by atoms with Gasteiger partial charge in [-0.3, -0.25) is 4.79 Å². The van der Waals surface area contributed by atoms with E-state index in [1.54, 1.807) is 25.1 Å². The van der Waals surface area contributed by atoms with Gasteiger partial charge in [0, 0.05) is 0 Å². The molecule has 1 amide bonds. The predicted octanol–water partition coefficient (Wildman–Crippen LogP) is 2.65. The molecule has 0 saturated heterocycles. The number of amides is 1. The summed E-state index contributed by atoms with van der Waals surface area (Å²) < 4.78 is 19.5. The summed E-state index contributed by atoms with van der Waals surface area (Å²) in [5, 5.41) is 8.21. The lowest BCUT2D eigenvalue weighted by atomic mass is 10.2. The van der Waals surface area contributed by atoms with Gasteiger partial charge in [-0.15, -0.1) is 16.4 Å². The van der Waals surface area contributed by atoms with Gasteiger partial charge in [-0.25, -0.2) is 9.18 Å². The van der Waals surface area contributed by atoms with Crippen LogP contribution in [0.2, 0.25) is 0 Å². The van der Waals surface area contributed by atoms with E-state index in [1.165, 1.54) is 23.5 Å². The lowest BCUT2D eigenvalue weighted by molar-refractivity contribution is -0.117. The molecule has 0 fully saturated rings. The third-order valence-electron chi connectivity index (χ3n) is 3.03. The van der Waals surface area contributed by atoms with Crippen molar-refractivity contribution in [3.8, 4) is 10.8 Å². The Kier molecular flexibility index (Phi) is 4.07. The van der Waals surface area contributed by atoms with Crippen LogP contribution in [-0.2, 0) is 11.3 Å². The summed E-state index contributed by atoms with van der Waals surface area (Å²) >= 11 is 1.36. The molecule has 6 nitrogen and oxygen atoms in total. The second-order valence-corrected chi connectivity index (χ2v) is 5.79. The van der Waals surface area contributed by atoms with Crippen molar-refractivity contribution in [1.29, 1.82) is 0 Å². The number of nitrogens with zero attached hydrogens (tertiary/aromatic N) is 2. The van der Waals surface area contributed by atoms with Gasteiger partial charge in [0.2, 0.25) is 5.91 Å². The molecule has 0 radical (unpaired) electrons. The van der Waals surface area contributed by atoms with Crippen LogP contribution in [-0.4, -0.2) is 15.7 Å². The minimum absolute atomic E-state index is 0.0602. The molecular formula is C15H12FN3O3S. The fourth-order valence-electron chi connectivity index (χ4n) is 1.97. The van der Waals surface area contributed by atoms with Gasteiger partial charge in [0.15, 0.2) is 0 Å². The molecule has 0 atom stereocenters. The van der Waals surface area contributed by atoms with Crippen molar-refractivity contribution >= 4 is 22.9 Å². The first-order valence-corrected chi connectivity index (χ1v) is 7.59. The number of hydrogen-bond acceptors (Lipinski definition) is 5. The molecular weight excluding hydrogens is 321 g/mol. The van der Waals surface area contributed by atoms with Gasteiger partial charge >= 0.3 is 5.76 Å². The Morgan fingerprint density at radius 3 is 3.00 bits per heavy atom. The minimum atomic E-state index is -0.742. The smallest absolute Gasteiger partial charge is 0.387 e. The maximum Gasteiger partial charge on any atom is 0.437 e. The van der Waals surface area contributed by atoms with Crippen LogP contribution >= 0.6 is 11.3 Å². The van der Waals surface area contributed by atoms with Gasteiger partial charge in [0.25, 0.3) is 5.89 Å². The summed E-state index contributed by atoms with van der Waals surface area (Å²) in [4.78, 5) is 24.4. The van der Waals surface area contributed by atoms with Crippen molar-refractivity contribution in [2.24, 2.45) is 0 Å². The third-order valence-corrected chi connectivity index (χ3v) is 3.89. The van der Waals surface area contributed by atoms with E-state index < -0.39 is 17.5 Å². The van der Waals surface area contributed by atoms with Crippen LogP contribution in [0, 0.1) is 12.7 Å². The number of hydrogen-bond donors (Lipinski definition) is 1. The van der Waals surface area contributed by atoms with Gasteiger partial charge in [-0.1, -0.05) is 12.1 Å². The Morgan fingerprint density at radius 1 is 1.43 bits per heavy atom. The number of thiophene rings is 1. The number of aryl methyl sites for hydroxylation is 1. The van der Waals surface area contributed by atoms with Gasteiger partial charge in [-0.05, 0) is 36.1 Å². The van der Waals surface area contributed by atoms with Crippen LogP contribution in [0.3, 0.4) is 0 Å². The number of anilines is 1. The van der Waals surface area contributed by atoms with Crippen LogP contribution in [0.4, 0.5) is 10.1 Å². The summed E-state index contributed by atoms with van der Waals surface area (Å²) in [5.74, 6) is -1.70. The molecule has 2 heterocycles. The fraction of sp³-hybridized carbons (Fsp3) is 0.133. The molecule has 1 aromatic carbocycles. The summed E-state index contributed by atoms with van der Waals surface area (Å²) in [6.45, 7) is 1.42. The zero-order chi connectivity index (χ0) is 16.4. The molecule has 0 bridgehead atoms. The molecule has 23 heavy (non-hydrogen) atoms. The van der Waals surface area contributed by atoms with Crippen LogP contribution < -0.4 is 11.1 Å². The number of halogens is 1. The molecule has 0 unspecified atom stereocenters. The topological polar surface area (TPSA) is 77.1 Å². The van der Waals surface area contributed by atoms with Crippen molar-refractivity contribution in [2.75, 3.05) is 5.32 Å². The van der Waals surface area contributed by atoms with E-state index in [0.717, 1.165) is 10.2 Å². The minimum Gasteiger partial charge on any atom is -0.387 e. The van der Waals surface area contributed by atoms with Gasteiger partial charge in [0.1, 0.15) is 12.4 Å². The predicted molar refractivity (Wildman–Crippen MR) is 83.8 cm³/mol. The average Bonchev–Trinajstić information content (AvgIpc) is 3.13. The molecule has 0 aliphatic carbocycles.